The predicted octanol–water partition coefficient (Wildman–Crippen LogP) is 2.70. The first-order valence-electron chi connectivity index (χ1n) is 5.31. The van der Waals surface area contributed by atoms with Crippen molar-refractivity contribution in [3.63, 3.8) is 0 Å². The number of rotatable bonds is 5. The van der Waals surface area contributed by atoms with Crippen molar-refractivity contribution >= 4 is 0 Å². The van der Waals surface area contributed by atoms with Crippen LogP contribution in [0.1, 0.15) is 37.1 Å². The van der Waals surface area contributed by atoms with Gasteiger partial charge in [0.05, 0.1) is 0 Å². The van der Waals surface area contributed by atoms with Gasteiger partial charge in [-0.3, -0.25) is 0 Å². The van der Waals surface area contributed by atoms with Crippen LogP contribution in [0, 0.1) is 0 Å². The van der Waals surface area contributed by atoms with Gasteiger partial charge in [0.1, 0.15) is 11.9 Å². The maximum absolute atomic E-state index is 13.0. The van der Waals surface area contributed by atoms with E-state index in [9.17, 15) is 9.50 Å². The van der Waals surface area contributed by atoms with Gasteiger partial charge in [-0.25, -0.2) is 4.39 Å². The Kier molecular flexibility index (Phi) is 4.56. The molecule has 3 N–H and O–H groups in total. The van der Waals surface area contributed by atoms with Gasteiger partial charge in [-0.1, -0.05) is 6.07 Å². The Bertz CT molecular complexity index is 312. The topological polar surface area (TPSA) is 46.2 Å². The van der Waals surface area contributed by atoms with Crippen molar-refractivity contribution in [2.75, 3.05) is 6.54 Å². The van der Waals surface area contributed by atoms with Crippen LogP contribution >= 0.6 is 0 Å². The molecule has 1 atom stereocenters. The first kappa shape index (κ1) is 12.0. The lowest BCUT2D eigenvalue weighted by Gasteiger charge is -2.08. The summed E-state index contributed by atoms with van der Waals surface area (Å²) in [6, 6.07) is 4.91. The van der Waals surface area contributed by atoms with Crippen LogP contribution < -0.4 is 5.73 Å². The van der Waals surface area contributed by atoms with Crippen LogP contribution in [0.3, 0.4) is 0 Å². The Morgan fingerprint density at radius 3 is 2.73 bits per heavy atom. The minimum Gasteiger partial charge on any atom is -0.508 e. The number of halogens is 1. The summed E-state index contributed by atoms with van der Waals surface area (Å²) in [4.78, 5) is 0. The normalized spacial score (nSPS) is 12.7. The Morgan fingerprint density at radius 1 is 1.40 bits per heavy atom. The van der Waals surface area contributed by atoms with Crippen LogP contribution in [-0.2, 0) is 6.42 Å². The van der Waals surface area contributed by atoms with Crippen LogP contribution in [0.25, 0.3) is 0 Å². The van der Waals surface area contributed by atoms with Gasteiger partial charge in [-0.15, -0.1) is 0 Å². The van der Waals surface area contributed by atoms with Crippen molar-refractivity contribution in [1.29, 1.82) is 0 Å². The third kappa shape index (κ3) is 3.51. The Balaban J connectivity index is 2.72. The number of unbranched alkanes of at least 4 members (excludes halogenated alkanes) is 1. The van der Waals surface area contributed by atoms with Crippen LogP contribution in [0.2, 0.25) is 0 Å². The molecule has 0 radical (unpaired) electrons. The molecule has 15 heavy (non-hydrogen) atoms. The van der Waals surface area contributed by atoms with Crippen molar-refractivity contribution in [1.82, 2.24) is 0 Å². The Hall–Kier alpha value is -1.09. The fraction of sp³-hybridized carbons (Fsp3) is 0.500. The smallest absolute Gasteiger partial charge is 0.122 e. The molecule has 1 rings (SSSR count). The second-order valence-corrected chi connectivity index (χ2v) is 3.75. The third-order valence-electron chi connectivity index (χ3n) is 2.46. The van der Waals surface area contributed by atoms with E-state index in [0.29, 0.717) is 12.1 Å². The zero-order valence-corrected chi connectivity index (χ0v) is 9.04. The highest BCUT2D eigenvalue weighted by atomic mass is 19.1. The predicted molar refractivity (Wildman–Crippen MR) is 59.6 cm³/mol. The largest absolute Gasteiger partial charge is 0.508 e. The molecule has 1 aromatic rings. The molecule has 0 spiro atoms. The summed E-state index contributed by atoms with van der Waals surface area (Å²) >= 11 is 0. The molecule has 0 amide bonds. The molecule has 0 fully saturated rings. The van der Waals surface area contributed by atoms with E-state index >= 15 is 0 Å². The summed E-state index contributed by atoms with van der Waals surface area (Å²) in [7, 11) is 0. The van der Waals surface area contributed by atoms with Crippen molar-refractivity contribution in [2.24, 2.45) is 5.73 Å². The van der Waals surface area contributed by atoms with E-state index in [4.69, 9.17) is 5.73 Å². The van der Waals surface area contributed by atoms with Crippen LogP contribution in [0.4, 0.5) is 4.39 Å². The number of hydrogen-bond donors (Lipinski definition) is 2. The quantitative estimate of drug-likeness (QED) is 0.735. The molecule has 0 aliphatic heterocycles. The van der Waals surface area contributed by atoms with E-state index in [0.717, 1.165) is 24.8 Å². The van der Waals surface area contributed by atoms with Gasteiger partial charge in [0.2, 0.25) is 0 Å². The number of benzene rings is 1. The van der Waals surface area contributed by atoms with Crippen molar-refractivity contribution in [3.05, 3.63) is 29.3 Å². The van der Waals surface area contributed by atoms with E-state index in [1.165, 1.54) is 6.92 Å². The lowest BCUT2D eigenvalue weighted by atomic mass is 10.0. The summed E-state index contributed by atoms with van der Waals surface area (Å²) in [5, 5.41) is 9.56. The van der Waals surface area contributed by atoms with Crippen LogP contribution in [0.15, 0.2) is 18.2 Å². The van der Waals surface area contributed by atoms with Gasteiger partial charge in [-0.2, -0.15) is 0 Å². The number of hydrogen-bond acceptors (Lipinski definition) is 2. The average molecular weight is 211 g/mol. The minimum absolute atomic E-state index is 0.247. The average Bonchev–Trinajstić information content (AvgIpc) is 2.20. The van der Waals surface area contributed by atoms with Crippen molar-refractivity contribution in [2.45, 2.75) is 32.4 Å². The molecule has 0 aliphatic rings. The molecule has 0 aromatic heterocycles. The number of phenolic OH excluding ortho intramolecular Hbond substituents is 1. The number of nitrogens with two attached hydrogens (primary N) is 1. The first-order valence-corrected chi connectivity index (χ1v) is 5.31. The monoisotopic (exact) mass is 211 g/mol. The lowest BCUT2D eigenvalue weighted by molar-refractivity contribution is 0.373. The molecule has 2 nitrogen and oxygen atoms in total. The summed E-state index contributed by atoms with van der Waals surface area (Å²) in [6.07, 6.45) is 1.62. The van der Waals surface area contributed by atoms with E-state index in [1.807, 2.05) is 0 Å². The molecule has 0 bridgehead atoms. The molecule has 3 heteroatoms. The Labute approximate surface area is 89.9 Å². The van der Waals surface area contributed by atoms with Crippen LogP contribution in [-0.4, -0.2) is 11.7 Å². The van der Waals surface area contributed by atoms with Gasteiger partial charge in [0, 0.05) is 0 Å². The van der Waals surface area contributed by atoms with Crippen molar-refractivity contribution in [3.8, 4) is 5.75 Å². The molecule has 1 unspecified atom stereocenters. The second kappa shape index (κ2) is 5.71. The molecular weight excluding hydrogens is 193 g/mol. The zero-order valence-electron chi connectivity index (χ0n) is 9.04. The number of phenols is 1. The number of aryl methyl sites for hydroxylation is 1. The number of alkyl halides is 1. The van der Waals surface area contributed by atoms with Gasteiger partial charge >= 0.3 is 0 Å². The summed E-state index contributed by atoms with van der Waals surface area (Å²) < 4.78 is 13.0. The van der Waals surface area contributed by atoms with E-state index in [-0.39, 0.29) is 5.75 Å². The fourth-order valence-corrected chi connectivity index (χ4v) is 1.51. The minimum atomic E-state index is -0.987. The highest BCUT2D eigenvalue weighted by Gasteiger charge is 2.07. The molecule has 0 saturated carbocycles. The maximum Gasteiger partial charge on any atom is 0.122 e. The Morgan fingerprint density at radius 2 is 2.13 bits per heavy atom. The first-order chi connectivity index (χ1) is 7.15. The van der Waals surface area contributed by atoms with E-state index < -0.39 is 6.17 Å². The lowest BCUT2D eigenvalue weighted by Crippen LogP contribution is -1.99. The van der Waals surface area contributed by atoms with Crippen LogP contribution in [0.5, 0.6) is 5.75 Å². The molecule has 0 heterocycles. The summed E-state index contributed by atoms with van der Waals surface area (Å²) in [5.41, 5.74) is 6.82. The van der Waals surface area contributed by atoms with Gasteiger partial charge in [-0.05, 0) is 56.0 Å². The standard InChI is InChI=1S/C12H18FNO/c1-9(13)10-5-6-12(15)11(8-10)4-2-3-7-14/h5-6,8-9,15H,2-4,7,14H2,1H3. The third-order valence-corrected chi connectivity index (χ3v) is 2.46. The molecule has 84 valence electrons. The second-order valence-electron chi connectivity index (χ2n) is 3.75. The van der Waals surface area contributed by atoms with E-state index in [2.05, 4.69) is 0 Å². The molecule has 0 saturated heterocycles. The molecule has 0 aliphatic carbocycles. The highest BCUT2D eigenvalue weighted by Crippen LogP contribution is 2.25. The van der Waals surface area contributed by atoms with Crippen molar-refractivity contribution < 1.29 is 9.50 Å². The fourth-order valence-electron chi connectivity index (χ4n) is 1.51. The maximum atomic E-state index is 13.0. The van der Waals surface area contributed by atoms with Gasteiger partial charge in [0.15, 0.2) is 0 Å². The highest BCUT2D eigenvalue weighted by molar-refractivity contribution is 5.37. The molecular formula is C12H18FNO. The molecule has 1 aromatic carbocycles. The van der Waals surface area contributed by atoms with Gasteiger partial charge in [0.25, 0.3) is 0 Å². The van der Waals surface area contributed by atoms with Gasteiger partial charge < -0.3 is 10.8 Å². The summed E-state index contributed by atoms with van der Waals surface area (Å²) in [6.45, 7) is 2.15. The summed E-state index contributed by atoms with van der Waals surface area (Å²) in [5.74, 6) is 0.247. The van der Waals surface area contributed by atoms with E-state index in [1.54, 1.807) is 18.2 Å². The SMILES string of the molecule is CC(F)c1ccc(O)c(CCCCN)c1. The number of aromatic hydroxyl groups is 1. The zero-order chi connectivity index (χ0) is 11.3.